The Kier molecular flexibility index (Phi) is 9.10. The topological polar surface area (TPSA) is 224 Å². The van der Waals surface area contributed by atoms with Crippen molar-refractivity contribution in [2.45, 2.75) is 44.0 Å². The van der Waals surface area contributed by atoms with Gasteiger partial charge in [0.15, 0.2) is 0 Å². The zero-order valence-corrected chi connectivity index (χ0v) is 18.3. The number of hydrogen-bond donors (Lipinski definition) is 8. The molecule has 0 saturated carbocycles. The minimum absolute atomic E-state index is 0.159. The maximum absolute atomic E-state index is 12.5. The van der Waals surface area contributed by atoms with Gasteiger partial charge in [0.25, 0.3) is 0 Å². The lowest BCUT2D eigenvalue weighted by Gasteiger charge is -2.23. The molecule has 2 rings (SSSR count). The van der Waals surface area contributed by atoms with Gasteiger partial charge in [-0.3, -0.25) is 19.2 Å². The molecule has 4 atom stereocenters. The number of benzene rings is 1. The third-order valence-electron chi connectivity index (χ3n) is 4.95. The maximum atomic E-state index is 12.5. The molecule has 0 saturated heterocycles. The lowest BCUT2D eigenvalue weighted by molar-refractivity contribution is -0.147. The number of para-hydroxylation sites is 1. The molecule has 1 aromatic heterocycles. The van der Waals surface area contributed by atoms with Crippen LogP contribution in [0.1, 0.15) is 18.9 Å². The number of carboxylic acids is 2. The molecule has 1 heterocycles. The zero-order valence-electron chi connectivity index (χ0n) is 18.3. The number of H-pyrrole nitrogens is 1. The molecule has 34 heavy (non-hydrogen) atoms. The molecule has 4 unspecified atom stereocenters. The minimum Gasteiger partial charge on any atom is -0.481 e. The van der Waals surface area contributed by atoms with E-state index in [1.54, 1.807) is 6.20 Å². The molecule has 0 fully saturated rings. The molecule has 184 valence electrons. The van der Waals surface area contributed by atoms with Crippen molar-refractivity contribution in [3.8, 4) is 0 Å². The zero-order chi connectivity index (χ0) is 25.4. The van der Waals surface area contributed by atoms with Crippen LogP contribution in [0, 0.1) is 0 Å². The highest BCUT2D eigenvalue weighted by Gasteiger charge is 2.29. The van der Waals surface area contributed by atoms with Crippen LogP contribution >= 0.6 is 0 Å². The SMILES string of the molecule is CC(O)C(NC(=O)C(N)Cc1c[nH]c2ccccc12)C(=O)NCC(=O)NC(CC(=O)O)C(=O)O. The number of fused-ring (bicyclic) bond motifs is 1. The number of amides is 3. The Morgan fingerprint density at radius 2 is 1.74 bits per heavy atom. The van der Waals surface area contributed by atoms with Crippen molar-refractivity contribution in [2.75, 3.05) is 6.54 Å². The van der Waals surface area contributed by atoms with Crippen LogP contribution in [-0.4, -0.2) is 80.7 Å². The Labute approximate surface area is 193 Å². The normalized spacial score (nSPS) is 14.4. The lowest BCUT2D eigenvalue weighted by atomic mass is 10.0. The Balaban J connectivity index is 1.93. The summed E-state index contributed by atoms with van der Waals surface area (Å²) in [6, 6.07) is 3.28. The molecule has 3 amide bonds. The van der Waals surface area contributed by atoms with Crippen LogP contribution in [0.4, 0.5) is 0 Å². The van der Waals surface area contributed by atoms with Gasteiger partial charge in [0.05, 0.1) is 25.1 Å². The van der Waals surface area contributed by atoms with Gasteiger partial charge in [0.2, 0.25) is 17.7 Å². The second-order valence-corrected chi connectivity index (χ2v) is 7.67. The van der Waals surface area contributed by atoms with Crippen molar-refractivity contribution < 1.29 is 39.3 Å². The predicted octanol–water partition coefficient (Wildman–Crippen LogP) is -1.94. The number of aromatic amines is 1. The number of carbonyl (C=O) groups is 5. The summed E-state index contributed by atoms with van der Waals surface area (Å²) in [4.78, 5) is 61.6. The number of aromatic nitrogens is 1. The number of aliphatic hydroxyl groups excluding tert-OH is 1. The predicted molar refractivity (Wildman–Crippen MR) is 118 cm³/mol. The summed E-state index contributed by atoms with van der Waals surface area (Å²) in [5, 5.41) is 34.9. The Morgan fingerprint density at radius 3 is 2.35 bits per heavy atom. The van der Waals surface area contributed by atoms with Crippen LogP contribution in [0.3, 0.4) is 0 Å². The average Bonchev–Trinajstić information content (AvgIpc) is 3.17. The van der Waals surface area contributed by atoms with Gasteiger partial charge in [-0.25, -0.2) is 4.79 Å². The van der Waals surface area contributed by atoms with Crippen LogP contribution in [0.2, 0.25) is 0 Å². The average molecular weight is 477 g/mol. The van der Waals surface area contributed by atoms with Gasteiger partial charge in [0.1, 0.15) is 12.1 Å². The van der Waals surface area contributed by atoms with Crippen molar-refractivity contribution >= 4 is 40.6 Å². The number of nitrogens with one attached hydrogen (secondary N) is 4. The molecule has 0 aliphatic rings. The first-order valence-corrected chi connectivity index (χ1v) is 10.3. The maximum Gasteiger partial charge on any atom is 0.326 e. The number of aliphatic hydroxyl groups is 1. The van der Waals surface area contributed by atoms with Gasteiger partial charge in [-0.05, 0) is 25.0 Å². The summed E-state index contributed by atoms with van der Waals surface area (Å²) < 4.78 is 0. The highest BCUT2D eigenvalue weighted by atomic mass is 16.4. The number of nitrogens with two attached hydrogens (primary N) is 1. The standard InChI is InChI=1S/C21H27N5O8/c1-10(27)18(20(32)24-9-16(28)25-15(21(33)34)7-17(29)30)26-19(31)13(22)6-11-8-23-14-5-3-2-4-12(11)14/h2-5,8,10,13,15,18,23,27H,6-7,9,22H2,1H3,(H,24,32)(H,25,28)(H,26,31)(H,29,30)(H,33,34). The number of hydrogen-bond acceptors (Lipinski definition) is 7. The molecule has 13 heteroatoms. The number of carboxylic acid groups (broad SMARTS) is 2. The third kappa shape index (κ3) is 7.28. The van der Waals surface area contributed by atoms with Crippen molar-refractivity contribution in [3.05, 3.63) is 36.0 Å². The van der Waals surface area contributed by atoms with E-state index in [0.29, 0.717) is 0 Å². The van der Waals surface area contributed by atoms with E-state index in [4.69, 9.17) is 15.9 Å². The first kappa shape index (κ1) is 26.3. The van der Waals surface area contributed by atoms with E-state index in [1.807, 2.05) is 29.6 Å². The Hall–Kier alpha value is -3.97. The number of rotatable bonds is 12. The number of aliphatic carboxylic acids is 2. The second kappa shape index (κ2) is 11.8. The summed E-state index contributed by atoms with van der Waals surface area (Å²) in [5.74, 6) is -5.57. The fraction of sp³-hybridized carbons (Fsp3) is 0.381. The summed E-state index contributed by atoms with van der Waals surface area (Å²) in [5.41, 5.74) is 7.65. The molecule has 0 spiro atoms. The summed E-state index contributed by atoms with van der Waals surface area (Å²) in [6.07, 6.45) is -0.308. The highest BCUT2D eigenvalue weighted by Crippen LogP contribution is 2.18. The summed E-state index contributed by atoms with van der Waals surface area (Å²) in [7, 11) is 0. The summed E-state index contributed by atoms with van der Waals surface area (Å²) >= 11 is 0. The fourth-order valence-electron chi connectivity index (χ4n) is 3.19. The van der Waals surface area contributed by atoms with E-state index in [0.717, 1.165) is 16.5 Å². The monoisotopic (exact) mass is 477 g/mol. The van der Waals surface area contributed by atoms with Gasteiger partial charge in [-0.15, -0.1) is 0 Å². The molecule has 0 aliphatic heterocycles. The summed E-state index contributed by atoms with van der Waals surface area (Å²) in [6.45, 7) is 0.547. The fourth-order valence-corrected chi connectivity index (χ4v) is 3.19. The van der Waals surface area contributed by atoms with Crippen LogP contribution in [0.15, 0.2) is 30.5 Å². The van der Waals surface area contributed by atoms with E-state index in [2.05, 4.69) is 15.6 Å². The highest BCUT2D eigenvalue weighted by molar-refractivity contribution is 5.93. The van der Waals surface area contributed by atoms with E-state index in [-0.39, 0.29) is 6.42 Å². The first-order valence-electron chi connectivity index (χ1n) is 10.3. The molecule has 0 aliphatic carbocycles. The van der Waals surface area contributed by atoms with Crippen LogP contribution in [0.5, 0.6) is 0 Å². The minimum atomic E-state index is -1.68. The smallest absolute Gasteiger partial charge is 0.326 e. The third-order valence-corrected chi connectivity index (χ3v) is 4.95. The van der Waals surface area contributed by atoms with Gasteiger partial charge in [0, 0.05) is 17.1 Å². The quantitative estimate of drug-likeness (QED) is 0.170. The van der Waals surface area contributed by atoms with E-state index in [9.17, 15) is 29.1 Å². The van der Waals surface area contributed by atoms with Crippen LogP contribution < -0.4 is 21.7 Å². The molecule has 9 N–H and O–H groups in total. The van der Waals surface area contributed by atoms with Gasteiger partial charge < -0.3 is 42.0 Å². The van der Waals surface area contributed by atoms with Crippen molar-refractivity contribution in [2.24, 2.45) is 5.73 Å². The van der Waals surface area contributed by atoms with Crippen LogP contribution in [0.25, 0.3) is 10.9 Å². The Morgan fingerprint density at radius 1 is 1.06 bits per heavy atom. The van der Waals surface area contributed by atoms with Gasteiger partial charge >= 0.3 is 11.9 Å². The second-order valence-electron chi connectivity index (χ2n) is 7.67. The van der Waals surface area contributed by atoms with Crippen molar-refractivity contribution in [1.82, 2.24) is 20.9 Å². The molecular weight excluding hydrogens is 450 g/mol. The van der Waals surface area contributed by atoms with Crippen LogP contribution in [-0.2, 0) is 30.4 Å². The Bertz CT molecular complexity index is 1070. The lowest BCUT2D eigenvalue weighted by Crippen LogP contribution is -2.57. The van der Waals surface area contributed by atoms with Gasteiger partial charge in [-0.1, -0.05) is 18.2 Å². The molecule has 13 nitrogen and oxygen atoms in total. The first-order chi connectivity index (χ1) is 16.0. The molecule has 0 bridgehead atoms. The molecule has 2 aromatic rings. The molecular formula is C21H27N5O8. The van der Waals surface area contributed by atoms with E-state index < -0.39 is 66.9 Å². The molecule has 0 radical (unpaired) electrons. The van der Waals surface area contributed by atoms with Crippen molar-refractivity contribution in [3.63, 3.8) is 0 Å². The van der Waals surface area contributed by atoms with E-state index >= 15 is 0 Å². The number of carbonyl (C=O) groups excluding carboxylic acids is 3. The van der Waals surface area contributed by atoms with E-state index in [1.165, 1.54) is 6.92 Å². The van der Waals surface area contributed by atoms with Crippen molar-refractivity contribution in [1.29, 1.82) is 0 Å². The molecule has 1 aromatic carbocycles. The largest absolute Gasteiger partial charge is 0.481 e. The van der Waals surface area contributed by atoms with Gasteiger partial charge in [-0.2, -0.15) is 0 Å².